The normalized spacial score (nSPS) is 12.5. The molecule has 3 aromatic rings. The summed E-state index contributed by atoms with van der Waals surface area (Å²) >= 11 is 0. The number of aromatic amines is 1. The van der Waals surface area contributed by atoms with E-state index in [0.29, 0.717) is 5.92 Å². The molecule has 0 fully saturated rings. The third-order valence-electron chi connectivity index (χ3n) is 3.63. The Balaban J connectivity index is 1.87. The Morgan fingerprint density at radius 3 is 2.90 bits per heavy atom. The maximum Gasteiger partial charge on any atom is 0.177 e. The van der Waals surface area contributed by atoms with Crippen LogP contribution in [0.15, 0.2) is 36.7 Å². The first-order valence-electron chi connectivity index (χ1n) is 7.09. The van der Waals surface area contributed by atoms with Crippen molar-refractivity contribution < 1.29 is 4.74 Å². The molecule has 0 saturated heterocycles. The van der Waals surface area contributed by atoms with Gasteiger partial charge in [-0.3, -0.25) is 4.98 Å². The van der Waals surface area contributed by atoms with Gasteiger partial charge in [-0.05, 0) is 31.0 Å². The molecule has 0 aliphatic carbocycles. The Kier molecular flexibility index (Phi) is 3.81. The topological polar surface area (TPSA) is 63.7 Å². The minimum Gasteiger partial charge on any atom is -0.497 e. The lowest BCUT2D eigenvalue weighted by Crippen LogP contribution is -2.05. The molecule has 3 heterocycles. The van der Waals surface area contributed by atoms with Crippen molar-refractivity contribution >= 4 is 11.2 Å². The molecule has 0 amide bonds. The lowest BCUT2D eigenvalue weighted by atomic mass is 9.99. The number of pyridine rings is 2. The van der Waals surface area contributed by atoms with Crippen LogP contribution >= 0.6 is 0 Å². The van der Waals surface area contributed by atoms with E-state index in [-0.39, 0.29) is 0 Å². The quantitative estimate of drug-likeness (QED) is 0.781. The van der Waals surface area contributed by atoms with Gasteiger partial charge < -0.3 is 9.72 Å². The molecule has 0 saturated carbocycles. The fourth-order valence-electron chi connectivity index (χ4n) is 2.44. The first kappa shape index (κ1) is 13.5. The summed E-state index contributed by atoms with van der Waals surface area (Å²) in [6.45, 7) is 2.16. The molecule has 21 heavy (non-hydrogen) atoms. The second-order valence-electron chi connectivity index (χ2n) is 4.99. The minimum absolute atomic E-state index is 0.291. The van der Waals surface area contributed by atoms with Crippen molar-refractivity contribution in [1.82, 2.24) is 19.9 Å². The van der Waals surface area contributed by atoms with Crippen LogP contribution in [0.4, 0.5) is 0 Å². The highest BCUT2D eigenvalue weighted by molar-refractivity contribution is 5.70. The molecular formula is C16H18N4O. The van der Waals surface area contributed by atoms with E-state index in [1.807, 2.05) is 24.3 Å². The lowest BCUT2D eigenvalue weighted by Gasteiger charge is -2.12. The summed E-state index contributed by atoms with van der Waals surface area (Å²) < 4.78 is 5.25. The first-order valence-corrected chi connectivity index (χ1v) is 7.09. The van der Waals surface area contributed by atoms with E-state index in [2.05, 4.69) is 26.9 Å². The van der Waals surface area contributed by atoms with Gasteiger partial charge >= 0.3 is 0 Å². The second kappa shape index (κ2) is 5.91. The van der Waals surface area contributed by atoms with Crippen molar-refractivity contribution in [2.45, 2.75) is 25.7 Å². The Labute approximate surface area is 123 Å². The van der Waals surface area contributed by atoms with E-state index in [0.717, 1.165) is 41.3 Å². The average Bonchev–Trinajstić information content (AvgIpc) is 2.96. The van der Waals surface area contributed by atoms with E-state index >= 15 is 0 Å². The predicted molar refractivity (Wildman–Crippen MR) is 81.4 cm³/mol. The minimum atomic E-state index is 0.291. The molecule has 3 rings (SSSR count). The molecule has 0 bridgehead atoms. The summed E-state index contributed by atoms with van der Waals surface area (Å²) in [5.74, 6) is 2.09. The number of hydrogen-bond donors (Lipinski definition) is 1. The maximum atomic E-state index is 5.25. The van der Waals surface area contributed by atoms with Crippen molar-refractivity contribution in [3.05, 3.63) is 48.2 Å². The molecule has 1 N–H and O–H groups in total. The van der Waals surface area contributed by atoms with Crippen LogP contribution in [0.25, 0.3) is 11.2 Å². The highest BCUT2D eigenvalue weighted by Crippen LogP contribution is 2.24. The molecule has 5 nitrogen and oxygen atoms in total. The Bertz CT molecular complexity index is 705. The van der Waals surface area contributed by atoms with Crippen LogP contribution in [0.1, 0.15) is 30.8 Å². The molecule has 0 radical (unpaired) electrons. The number of imidazole rings is 1. The average molecular weight is 282 g/mol. The van der Waals surface area contributed by atoms with Gasteiger partial charge in [0, 0.05) is 30.1 Å². The summed E-state index contributed by atoms with van der Waals surface area (Å²) in [5.41, 5.74) is 2.75. The van der Waals surface area contributed by atoms with Gasteiger partial charge in [-0.15, -0.1) is 0 Å². The number of methoxy groups -OCH3 is 1. The summed E-state index contributed by atoms with van der Waals surface area (Å²) in [5, 5.41) is 0. The number of aromatic nitrogens is 4. The third-order valence-corrected chi connectivity index (χ3v) is 3.63. The molecule has 1 unspecified atom stereocenters. The Hall–Kier alpha value is -2.43. The zero-order chi connectivity index (χ0) is 14.7. The number of H-pyrrole nitrogens is 1. The van der Waals surface area contributed by atoms with E-state index in [1.165, 1.54) is 0 Å². The van der Waals surface area contributed by atoms with E-state index in [1.54, 1.807) is 19.5 Å². The zero-order valence-electron chi connectivity index (χ0n) is 12.2. The molecule has 108 valence electrons. The van der Waals surface area contributed by atoms with Gasteiger partial charge in [0.1, 0.15) is 11.6 Å². The Morgan fingerprint density at radius 1 is 1.24 bits per heavy atom. The van der Waals surface area contributed by atoms with Gasteiger partial charge in [-0.2, -0.15) is 0 Å². The highest BCUT2D eigenvalue weighted by atomic mass is 16.5. The van der Waals surface area contributed by atoms with Gasteiger partial charge in [0.15, 0.2) is 5.65 Å². The third kappa shape index (κ3) is 2.86. The predicted octanol–water partition coefficient (Wildman–Crippen LogP) is 3.10. The van der Waals surface area contributed by atoms with Crippen LogP contribution in [0.3, 0.4) is 0 Å². The SMILES string of the molecule is CCC(Cc1cc(OC)ccn1)c1nc2ncccc2[nH]1. The van der Waals surface area contributed by atoms with Gasteiger partial charge in [0.25, 0.3) is 0 Å². The number of hydrogen-bond acceptors (Lipinski definition) is 4. The van der Waals surface area contributed by atoms with Crippen LogP contribution < -0.4 is 4.74 Å². The first-order chi connectivity index (χ1) is 10.3. The molecule has 0 spiro atoms. The van der Waals surface area contributed by atoms with Crippen LogP contribution in [0, 0.1) is 0 Å². The van der Waals surface area contributed by atoms with Crippen molar-refractivity contribution in [3.8, 4) is 5.75 Å². The van der Waals surface area contributed by atoms with Gasteiger partial charge in [0.2, 0.25) is 0 Å². The van der Waals surface area contributed by atoms with Crippen molar-refractivity contribution in [2.24, 2.45) is 0 Å². The molecule has 1 atom stereocenters. The summed E-state index contributed by atoms with van der Waals surface area (Å²) in [7, 11) is 1.67. The molecule has 0 aromatic carbocycles. The standard InChI is InChI=1S/C16H18N4O/c1-3-11(9-12-10-13(21-2)6-8-17-12)15-19-14-5-4-7-18-16(14)20-15/h4-8,10-11H,3,9H2,1-2H3,(H,18,19,20). The molecular weight excluding hydrogens is 264 g/mol. The molecule has 3 aromatic heterocycles. The summed E-state index contributed by atoms with van der Waals surface area (Å²) in [6.07, 6.45) is 5.35. The van der Waals surface area contributed by atoms with E-state index in [9.17, 15) is 0 Å². The van der Waals surface area contributed by atoms with Crippen LogP contribution in [0.2, 0.25) is 0 Å². The lowest BCUT2D eigenvalue weighted by molar-refractivity contribution is 0.413. The number of nitrogens with one attached hydrogen (secondary N) is 1. The van der Waals surface area contributed by atoms with Crippen LogP contribution in [-0.2, 0) is 6.42 Å². The van der Waals surface area contributed by atoms with Crippen LogP contribution in [0.5, 0.6) is 5.75 Å². The fourth-order valence-corrected chi connectivity index (χ4v) is 2.44. The number of ether oxygens (including phenoxy) is 1. The van der Waals surface area contributed by atoms with Crippen LogP contribution in [-0.4, -0.2) is 27.0 Å². The second-order valence-corrected chi connectivity index (χ2v) is 4.99. The fraction of sp³-hybridized carbons (Fsp3) is 0.312. The van der Waals surface area contributed by atoms with E-state index < -0.39 is 0 Å². The van der Waals surface area contributed by atoms with Gasteiger partial charge in [-0.25, -0.2) is 9.97 Å². The number of fused-ring (bicyclic) bond motifs is 1. The maximum absolute atomic E-state index is 5.25. The van der Waals surface area contributed by atoms with Crippen molar-refractivity contribution in [3.63, 3.8) is 0 Å². The molecule has 0 aliphatic heterocycles. The number of rotatable bonds is 5. The smallest absolute Gasteiger partial charge is 0.177 e. The van der Waals surface area contributed by atoms with Crippen molar-refractivity contribution in [2.75, 3.05) is 7.11 Å². The zero-order valence-corrected chi connectivity index (χ0v) is 12.2. The summed E-state index contributed by atoms with van der Waals surface area (Å²) in [6, 6.07) is 7.74. The molecule has 5 heteroatoms. The van der Waals surface area contributed by atoms with Gasteiger partial charge in [0.05, 0.1) is 12.6 Å². The highest BCUT2D eigenvalue weighted by Gasteiger charge is 2.16. The van der Waals surface area contributed by atoms with Gasteiger partial charge in [-0.1, -0.05) is 6.92 Å². The van der Waals surface area contributed by atoms with E-state index in [4.69, 9.17) is 4.74 Å². The number of nitrogens with zero attached hydrogens (tertiary/aromatic N) is 3. The Morgan fingerprint density at radius 2 is 2.14 bits per heavy atom. The monoisotopic (exact) mass is 282 g/mol. The van der Waals surface area contributed by atoms with Crippen molar-refractivity contribution in [1.29, 1.82) is 0 Å². The molecule has 0 aliphatic rings. The largest absolute Gasteiger partial charge is 0.497 e. The summed E-state index contributed by atoms with van der Waals surface area (Å²) in [4.78, 5) is 16.7.